The van der Waals surface area contributed by atoms with Crippen LogP contribution in [0.5, 0.6) is 0 Å². The van der Waals surface area contributed by atoms with E-state index >= 15 is 0 Å². The van der Waals surface area contributed by atoms with Crippen LogP contribution in [-0.4, -0.2) is 14.8 Å². The van der Waals surface area contributed by atoms with Gasteiger partial charge in [0.25, 0.3) is 0 Å². The summed E-state index contributed by atoms with van der Waals surface area (Å²) >= 11 is 3.41. The summed E-state index contributed by atoms with van der Waals surface area (Å²) in [6, 6.07) is 37.7. The molecule has 2 heterocycles. The van der Waals surface area contributed by atoms with Gasteiger partial charge in [0.15, 0.2) is 0 Å². The van der Waals surface area contributed by atoms with Gasteiger partial charge in [-0.3, -0.25) is 4.68 Å². The molecule has 0 aliphatic carbocycles. The molecule has 0 saturated carbocycles. The number of halogens is 1. The number of hydrogen-bond donors (Lipinski definition) is 0. The summed E-state index contributed by atoms with van der Waals surface area (Å²) in [4.78, 5) is 4.37. The fourth-order valence-electron chi connectivity index (χ4n) is 4.13. The van der Waals surface area contributed by atoms with Gasteiger partial charge in [-0.05, 0) is 50.8 Å². The van der Waals surface area contributed by atoms with E-state index in [-0.39, 0.29) is 0 Å². The molecule has 2 aromatic heterocycles. The summed E-state index contributed by atoms with van der Waals surface area (Å²) in [6.07, 6.45) is 3.90. The molecule has 0 spiro atoms. The Balaban J connectivity index is 1.80. The lowest BCUT2D eigenvalue weighted by atomic mass is 9.77. The molecular weight excluding hydrogens is 446 g/mol. The zero-order valence-corrected chi connectivity index (χ0v) is 18.4. The normalized spacial score (nSPS) is 11.4. The van der Waals surface area contributed by atoms with Gasteiger partial charge in [-0.15, -0.1) is 0 Å². The summed E-state index contributed by atoms with van der Waals surface area (Å²) in [5.41, 5.74) is 4.70. The third-order valence-corrected chi connectivity index (χ3v) is 6.00. The van der Waals surface area contributed by atoms with Gasteiger partial charge in [0.2, 0.25) is 0 Å². The molecule has 0 N–H and O–H groups in total. The topological polar surface area (TPSA) is 30.7 Å². The number of benzene rings is 3. The van der Waals surface area contributed by atoms with Crippen LogP contribution >= 0.6 is 15.9 Å². The van der Waals surface area contributed by atoms with Crippen LogP contribution in [0.4, 0.5) is 0 Å². The Bertz CT molecular complexity index is 1170. The Morgan fingerprint density at radius 3 is 1.58 bits per heavy atom. The van der Waals surface area contributed by atoms with Crippen LogP contribution in [0.3, 0.4) is 0 Å². The molecule has 0 aliphatic rings. The molecule has 0 aliphatic heterocycles. The average Bonchev–Trinajstić information content (AvgIpc) is 3.33. The highest BCUT2D eigenvalue weighted by atomic mass is 79.9. The maximum Gasteiger partial charge on any atom is 0.138 e. The average molecular weight is 466 g/mol. The van der Waals surface area contributed by atoms with Gasteiger partial charge in [-0.2, -0.15) is 5.10 Å². The van der Waals surface area contributed by atoms with Crippen LogP contribution in [0.25, 0.3) is 11.3 Å². The summed E-state index contributed by atoms with van der Waals surface area (Å²) in [6.45, 7) is 0. The van der Waals surface area contributed by atoms with Crippen LogP contribution in [0.2, 0.25) is 0 Å². The largest absolute Gasteiger partial charge is 0.253 e. The minimum absolute atomic E-state index is 0.606. The Kier molecular flexibility index (Phi) is 5.23. The first-order chi connectivity index (χ1) is 15.3. The fraction of sp³-hybridized carbons (Fsp3) is 0.0370. The second-order valence-electron chi connectivity index (χ2n) is 7.32. The summed E-state index contributed by atoms with van der Waals surface area (Å²) < 4.78 is 2.88. The van der Waals surface area contributed by atoms with Gasteiger partial charge in [0.1, 0.15) is 10.1 Å². The molecule has 0 amide bonds. The van der Waals surface area contributed by atoms with E-state index < -0.39 is 5.54 Å². The highest BCUT2D eigenvalue weighted by molar-refractivity contribution is 9.10. The number of nitrogens with zero attached hydrogens (tertiary/aromatic N) is 3. The first-order valence-electron chi connectivity index (χ1n) is 10.1. The molecule has 31 heavy (non-hydrogen) atoms. The Hall–Kier alpha value is -3.50. The number of pyridine rings is 1. The van der Waals surface area contributed by atoms with E-state index in [2.05, 4.69) is 111 Å². The summed E-state index contributed by atoms with van der Waals surface area (Å²) in [5.74, 6) is 0. The van der Waals surface area contributed by atoms with E-state index in [1.54, 1.807) is 0 Å². The molecular formula is C27H20BrN3. The number of hydrogen-bond acceptors (Lipinski definition) is 2. The Morgan fingerprint density at radius 2 is 1.13 bits per heavy atom. The van der Waals surface area contributed by atoms with Gasteiger partial charge in [0.05, 0.1) is 5.69 Å². The van der Waals surface area contributed by atoms with Crippen molar-refractivity contribution in [1.29, 1.82) is 0 Å². The number of rotatable bonds is 5. The predicted molar refractivity (Wildman–Crippen MR) is 128 cm³/mol. The second kappa shape index (κ2) is 8.32. The fourth-order valence-corrected chi connectivity index (χ4v) is 4.36. The van der Waals surface area contributed by atoms with E-state index in [4.69, 9.17) is 5.10 Å². The smallest absolute Gasteiger partial charge is 0.138 e. The van der Waals surface area contributed by atoms with Crippen molar-refractivity contribution in [2.24, 2.45) is 0 Å². The molecule has 0 fully saturated rings. The van der Waals surface area contributed by atoms with Crippen molar-refractivity contribution in [2.45, 2.75) is 5.54 Å². The molecule has 0 unspecified atom stereocenters. The first-order valence-corrected chi connectivity index (χ1v) is 10.9. The summed E-state index contributed by atoms with van der Waals surface area (Å²) in [7, 11) is 0. The molecule has 0 bridgehead atoms. The lowest BCUT2D eigenvalue weighted by Crippen LogP contribution is -2.38. The molecule has 4 heteroatoms. The minimum atomic E-state index is -0.606. The molecule has 0 radical (unpaired) electrons. The second-order valence-corrected chi connectivity index (χ2v) is 8.14. The van der Waals surface area contributed by atoms with Gasteiger partial charge >= 0.3 is 0 Å². The van der Waals surface area contributed by atoms with Crippen molar-refractivity contribution >= 4 is 15.9 Å². The molecule has 3 aromatic carbocycles. The number of aromatic nitrogens is 3. The van der Waals surface area contributed by atoms with Crippen LogP contribution in [-0.2, 0) is 5.54 Å². The molecule has 0 atom stereocenters. The summed E-state index contributed by atoms with van der Waals surface area (Å²) in [5, 5.41) is 5.07. The maximum atomic E-state index is 5.07. The Morgan fingerprint density at radius 1 is 0.613 bits per heavy atom. The lowest BCUT2D eigenvalue weighted by molar-refractivity contribution is 0.461. The molecule has 0 saturated heterocycles. The van der Waals surface area contributed by atoms with Gasteiger partial charge < -0.3 is 0 Å². The highest BCUT2D eigenvalue weighted by Gasteiger charge is 2.39. The Labute approximate surface area is 190 Å². The molecule has 5 rings (SSSR count). The third kappa shape index (κ3) is 3.49. The zero-order chi connectivity index (χ0) is 21.1. The van der Waals surface area contributed by atoms with Gasteiger partial charge in [-0.1, -0.05) is 91.0 Å². The maximum absolute atomic E-state index is 5.07. The monoisotopic (exact) mass is 465 g/mol. The predicted octanol–water partition coefficient (Wildman–Crippen LogP) is 6.55. The van der Waals surface area contributed by atoms with E-state index in [1.807, 2.05) is 36.5 Å². The van der Waals surface area contributed by atoms with Crippen LogP contribution < -0.4 is 0 Å². The molecule has 5 aromatic rings. The van der Waals surface area contributed by atoms with Crippen LogP contribution in [0, 0.1) is 0 Å². The van der Waals surface area contributed by atoms with E-state index in [0.717, 1.165) is 32.6 Å². The van der Waals surface area contributed by atoms with Gasteiger partial charge in [0, 0.05) is 18.0 Å². The quantitative estimate of drug-likeness (QED) is 0.217. The van der Waals surface area contributed by atoms with Crippen molar-refractivity contribution in [1.82, 2.24) is 14.8 Å². The van der Waals surface area contributed by atoms with E-state index in [0.29, 0.717) is 0 Å². The lowest BCUT2D eigenvalue weighted by Gasteiger charge is -2.36. The van der Waals surface area contributed by atoms with Crippen molar-refractivity contribution in [3.05, 3.63) is 143 Å². The standard InChI is InChI=1S/C27H20BrN3/c28-26-17-16-21(20-29-26)25-18-19-31(30-25)27(22-10-4-1-5-11-22,23-12-6-2-7-13-23)24-14-8-3-9-15-24/h1-20H. The van der Waals surface area contributed by atoms with E-state index in [9.17, 15) is 0 Å². The minimum Gasteiger partial charge on any atom is -0.253 e. The van der Waals surface area contributed by atoms with Crippen molar-refractivity contribution in [3.8, 4) is 11.3 Å². The van der Waals surface area contributed by atoms with Crippen LogP contribution in [0.1, 0.15) is 16.7 Å². The van der Waals surface area contributed by atoms with Crippen molar-refractivity contribution in [2.75, 3.05) is 0 Å². The van der Waals surface area contributed by atoms with Gasteiger partial charge in [-0.25, -0.2) is 4.98 Å². The van der Waals surface area contributed by atoms with E-state index in [1.165, 1.54) is 0 Å². The van der Waals surface area contributed by atoms with Crippen LogP contribution in [0.15, 0.2) is 126 Å². The molecule has 3 nitrogen and oxygen atoms in total. The zero-order valence-electron chi connectivity index (χ0n) is 16.8. The SMILES string of the molecule is Brc1ccc(-c2ccn(C(c3ccccc3)(c3ccccc3)c3ccccc3)n2)cn1. The third-order valence-electron chi connectivity index (χ3n) is 5.53. The van der Waals surface area contributed by atoms with Crippen molar-refractivity contribution in [3.63, 3.8) is 0 Å². The van der Waals surface area contributed by atoms with Crippen molar-refractivity contribution < 1.29 is 0 Å². The highest BCUT2D eigenvalue weighted by Crippen LogP contribution is 2.40. The molecule has 150 valence electrons. The first kappa shape index (κ1) is 19.5.